The Morgan fingerprint density at radius 2 is 2.38 bits per heavy atom. The molecule has 0 amide bonds. The van der Waals surface area contributed by atoms with E-state index in [1.165, 1.54) is 0 Å². The van der Waals surface area contributed by atoms with Crippen LogP contribution in [-0.2, 0) is 4.74 Å². The molecule has 0 aliphatic carbocycles. The molecule has 0 bridgehead atoms. The molecule has 0 heterocycles. The van der Waals surface area contributed by atoms with Crippen LogP contribution < -0.4 is 0 Å². The maximum atomic E-state index is 4.86. The number of hydrogen-bond acceptors (Lipinski definition) is 3. The van der Waals surface area contributed by atoms with Gasteiger partial charge >= 0.3 is 0 Å². The number of ether oxygens (including phenoxy) is 1. The average molecular weight is 147 g/mol. The normalized spacial score (nSPS) is 8.12. The van der Waals surface area contributed by atoms with Crippen LogP contribution in [-0.4, -0.2) is 17.0 Å². The molecule has 0 aliphatic rings. The van der Waals surface area contributed by atoms with Crippen molar-refractivity contribution in [3.8, 4) is 0 Å². The standard InChI is InChI=1S/C5H7OS2/c1-2-3-6-5(8)4-7/h2-3H2,1H3. The summed E-state index contributed by atoms with van der Waals surface area (Å²) in [5.74, 6) is 0. The lowest BCUT2D eigenvalue weighted by atomic mass is 10.5. The zero-order chi connectivity index (χ0) is 6.41. The highest BCUT2D eigenvalue weighted by Gasteiger charge is 1.87. The van der Waals surface area contributed by atoms with Gasteiger partial charge in [-0.2, -0.15) is 0 Å². The van der Waals surface area contributed by atoms with Crippen LogP contribution in [0.25, 0.3) is 0 Å². The minimum Gasteiger partial charge on any atom is -0.482 e. The van der Waals surface area contributed by atoms with Gasteiger partial charge in [0.1, 0.15) is 5.37 Å². The van der Waals surface area contributed by atoms with Gasteiger partial charge in [-0.1, -0.05) is 19.1 Å². The molecule has 0 atom stereocenters. The maximum absolute atomic E-state index is 4.86. The quantitative estimate of drug-likeness (QED) is 0.561. The van der Waals surface area contributed by atoms with E-state index < -0.39 is 0 Å². The lowest BCUT2D eigenvalue weighted by Gasteiger charge is -1.96. The minimum absolute atomic E-state index is 0.293. The van der Waals surface area contributed by atoms with E-state index in [4.69, 9.17) is 4.74 Å². The van der Waals surface area contributed by atoms with Gasteiger partial charge in [-0.3, -0.25) is 0 Å². The third kappa shape index (κ3) is 4.15. The molecule has 0 aromatic heterocycles. The molecular weight excluding hydrogens is 140 g/mol. The lowest BCUT2D eigenvalue weighted by Crippen LogP contribution is -2.01. The second-order valence-electron chi connectivity index (χ2n) is 1.24. The van der Waals surface area contributed by atoms with E-state index in [0.29, 0.717) is 11.7 Å². The van der Waals surface area contributed by atoms with Gasteiger partial charge < -0.3 is 4.74 Å². The van der Waals surface area contributed by atoms with Crippen LogP contribution in [0.5, 0.6) is 0 Å². The van der Waals surface area contributed by atoms with E-state index in [-0.39, 0.29) is 0 Å². The molecule has 1 nitrogen and oxygen atoms in total. The Morgan fingerprint density at radius 3 is 2.75 bits per heavy atom. The summed E-state index contributed by atoms with van der Waals surface area (Å²) in [5, 5.41) is 2.59. The van der Waals surface area contributed by atoms with Crippen molar-refractivity contribution in [3.63, 3.8) is 0 Å². The molecule has 0 aliphatic heterocycles. The molecule has 0 saturated heterocycles. The Kier molecular flexibility index (Phi) is 5.11. The molecule has 0 unspecified atom stereocenters. The largest absolute Gasteiger partial charge is 0.482 e. The second kappa shape index (κ2) is 5.12. The molecular formula is C5H7OS2. The first-order chi connectivity index (χ1) is 3.81. The fourth-order valence-corrected chi connectivity index (χ4v) is 0.366. The molecule has 0 aromatic rings. The van der Waals surface area contributed by atoms with Crippen LogP contribution in [0.2, 0.25) is 0 Å². The van der Waals surface area contributed by atoms with Gasteiger partial charge in [0.25, 0.3) is 0 Å². The summed E-state index contributed by atoms with van der Waals surface area (Å²) >= 11 is 8.96. The smallest absolute Gasteiger partial charge is 0.203 e. The maximum Gasteiger partial charge on any atom is 0.203 e. The fraction of sp³-hybridized carbons (Fsp3) is 0.600. The Bertz CT molecular complexity index is 90.4. The van der Waals surface area contributed by atoms with Crippen molar-refractivity contribution >= 4 is 34.9 Å². The molecule has 3 heteroatoms. The third-order valence-corrected chi connectivity index (χ3v) is 1.06. The van der Waals surface area contributed by atoms with E-state index in [0.717, 1.165) is 6.42 Å². The predicted octanol–water partition coefficient (Wildman–Crippen LogP) is 1.62. The summed E-state index contributed by atoms with van der Waals surface area (Å²) in [6.45, 7) is 2.65. The molecule has 45 valence electrons. The summed E-state index contributed by atoms with van der Waals surface area (Å²) in [5.41, 5.74) is 0. The highest BCUT2D eigenvalue weighted by atomic mass is 32.1. The summed E-state index contributed by atoms with van der Waals surface area (Å²) in [7, 11) is 0. The van der Waals surface area contributed by atoms with Gasteiger partial charge in [0.15, 0.2) is 0 Å². The van der Waals surface area contributed by atoms with Crippen molar-refractivity contribution in [2.75, 3.05) is 6.61 Å². The van der Waals surface area contributed by atoms with Crippen LogP contribution in [0, 0.1) is 0 Å². The summed E-state index contributed by atoms with van der Waals surface area (Å²) in [6.07, 6.45) is 0.956. The first-order valence-electron chi connectivity index (χ1n) is 2.36. The number of hydrogen-bond donors (Lipinski definition) is 0. The van der Waals surface area contributed by atoms with Crippen LogP contribution in [0.4, 0.5) is 0 Å². The Hall–Kier alpha value is -0.0200. The molecule has 0 N–H and O–H groups in total. The van der Waals surface area contributed by atoms with E-state index in [9.17, 15) is 0 Å². The van der Waals surface area contributed by atoms with Gasteiger partial charge in [-0.05, 0) is 18.6 Å². The third-order valence-electron chi connectivity index (χ3n) is 0.521. The van der Waals surface area contributed by atoms with Gasteiger partial charge in [-0.15, -0.1) is 0 Å². The van der Waals surface area contributed by atoms with E-state index >= 15 is 0 Å². The lowest BCUT2D eigenvalue weighted by molar-refractivity contribution is 0.319. The first-order valence-corrected chi connectivity index (χ1v) is 3.17. The Balaban J connectivity index is 3.11. The minimum atomic E-state index is 0.293. The van der Waals surface area contributed by atoms with Gasteiger partial charge in [-0.25, -0.2) is 0 Å². The molecule has 0 fully saturated rings. The number of thiocarbonyl (C=S) groups is 2. The molecule has 8 heavy (non-hydrogen) atoms. The first kappa shape index (κ1) is 7.98. The number of rotatable bonds is 3. The zero-order valence-electron chi connectivity index (χ0n) is 4.64. The van der Waals surface area contributed by atoms with Crippen molar-refractivity contribution in [2.45, 2.75) is 13.3 Å². The van der Waals surface area contributed by atoms with Crippen LogP contribution >= 0.6 is 24.4 Å². The highest BCUT2D eigenvalue weighted by molar-refractivity contribution is 7.87. The Morgan fingerprint density at radius 1 is 1.75 bits per heavy atom. The molecule has 0 spiro atoms. The topological polar surface area (TPSA) is 9.23 Å². The van der Waals surface area contributed by atoms with Gasteiger partial charge in [0, 0.05) is 0 Å². The molecule has 0 rings (SSSR count). The van der Waals surface area contributed by atoms with Crippen molar-refractivity contribution in [3.05, 3.63) is 0 Å². The molecule has 0 saturated carbocycles. The monoisotopic (exact) mass is 147 g/mol. The average Bonchev–Trinajstić information content (AvgIpc) is 1.83. The SMILES string of the molecule is CCCOC(=S)[C]=S. The zero-order valence-corrected chi connectivity index (χ0v) is 6.27. The molecule has 1 radical (unpaired) electrons. The summed E-state index contributed by atoms with van der Waals surface area (Å²) in [4.78, 5) is 0. The Labute approximate surface area is 60.0 Å². The highest BCUT2D eigenvalue weighted by Crippen LogP contribution is 1.81. The fourth-order valence-electron chi connectivity index (χ4n) is 0.224. The van der Waals surface area contributed by atoms with E-state index in [1.807, 2.05) is 6.92 Å². The van der Waals surface area contributed by atoms with Crippen molar-refractivity contribution in [1.29, 1.82) is 0 Å². The van der Waals surface area contributed by atoms with Crippen LogP contribution in [0.1, 0.15) is 13.3 Å². The summed E-state index contributed by atoms with van der Waals surface area (Å²) < 4.78 is 4.86. The van der Waals surface area contributed by atoms with E-state index in [1.54, 1.807) is 0 Å². The van der Waals surface area contributed by atoms with Gasteiger partial charge in [0.05, 0.1) is 6.61 Å². The molecule has 0 aromatic carbocycles. The van der Waals surface area contributed by atoms with Crippen molar-refractivity contribution in [1.82, 2.24) is 0 Å². The van der Waals surface area contributed by atoms with Gasteiger partial charge in [0.2, 0.25) is 5.05 Å². The predicted molar refractivity (Wildman–Crippen MR) is 41.4 cm³/mol. The van der Waals surface area contributed by atoms with Crippen molar-refractivity contribution < 1.29 is 4.74 Å². The van der Waals surface area contributed by atoms with Crippen LogP contribution in [0.15, 0.2) is 0 Å². The van der Waals surface area contributed by atoms with Crippen molar-refractivity contribution in [2.24, 2.45) is 0 Å². The summed E-state index contributed by atoms with van der Waals surface area (Å²) in [6, 6.07) is 0. The second-order valence-corrected chi connectivity index (χ2v) is 1.81. The van der Waals surface area contributed by atoms with Crippen LogP contribution in [0.3, 0.4) is 0 Å². The van der Waals surface area contributed by atoms with E-state index in [2.05, 4.69) is 29.8 Å².